The van der Waals surface area contributed by atoms with Gasteiger partial charge in [-0.25, -0.2) is 0 Å². The molecular formula is C21H24Cl2NNaO3. The number of aliphatic carboxylic acids is 1. The molecule has 0 saturated heterocycles. The van der Waals surface area contributed by atoms with Gasteiger partial charge in [0.15, 0.2) is 0 Å². The van der Waals surface area contributed by atoms with E-state index < -0.39 is 5.97 Å². The molecule has 0 spiro atoms. The van der Waals surface area contributed by atoms with Crippen LogP contribution in [0.25, 0.3) is 0 Å². The Morgan fingerprint density at radius 3 is 1.89 bits per heavy atom. The number of unbranched alkanes of at least 4 members (excludes halogenated alkanes) is 4. The second-order valence-electron chi connectivity index (χ2n) is 6.35. The van der Waals surface area contributed by atoms with E-state index >= 15 is 0 Å². The topological polar surface area (TPSA) is 57.6 Å². The number of benzene rings is 2. The van der Waals surface area contributed by atoms with Crippen LogP contribution in [0.15, 0.2) is 48.5 Å². The molecule has 0 atom stereocenters. The van der Waals surface area contributed by atoms with Crippen molar-refractivity contribution < 1.29 is 45.7 Å². The molecule has 0 heterocycles. The summed E-state index contributed by atoms with van der Waals surface area (Å²) in [5, 5.41) is 9.87. The Morgan fingerprint density at radius 2 is 1.32 bits per heavy atom. The average Bonchev–Trinajstić information content (AvgIpc) is 2.65. The van der Waals surface area contributed by atoms with Gasteiger partial charge in [0.25, 0.3) is 5.91 Å². The SMILES string of the molecule is O=C(O)CCCCCCCN(C(=O)c1ccc(Cl)cc1)c1ccc(Cl)cc1.[H-].[Na+]. The number of carbonyl (C=O) groups excluding carboxylic acids is 1. The van der Waals surface area contributed by atoms with E-state index in [0.29, 0.717) is 28.6 Å². The van der Waals surface area contributed by atoms with Crippen LogP contribution in [-0.2, 0) is 4.79 Å². The summed E-state index contributed by atoms with van der Waals surface area (Å²) < 4.78 is 0. The predicted molar refractivity (Wildman–Crippen MR) is 111 cm³/mol. The van der Waals surface area contributed by atoms with Crippen molar-refractivity contribution in [2.75, 3.05) is 11.4 Å². The van der Waals surface area contributed by atoms with Crippen molar-refractivity contribution in [2.24, 2.45) is 0 Å². The molecule has 1 amide bonds. The zero-order chi connectivity index (χ0) is 19.6. The molecule has 4 nitrogen and oxygen atoms in total. The van der Waals surface area contributed by atoms with Gasteiger partial charge in [-0.1, -0.05) is 42.5 Å². The molecule has 28 heavy (non-hydrogen) atoms. The smallest absolute Gasteiger partial charge is 1.00 e. The van der Waals surface area contributed by atoms with Crippen LogP contribution < -0.4 is 34.5 Å². The predicted octanol–water partition coefficient (Wildman–Crippen LogP) is 3.18. The van der Waals surface area contributed by atoms with E-state index in [0.717, 1.165) is 31.4 Å². The molecule has 146 valence electrons. The average molecular weight is 432 g/mol. The van der Waals surface area contributed by atoms with Crippen molar-refractivity contribution in [2.45, 2.75) is 38.5 Å². The van der Waals surface area contributed by atoms with E-state index in [-0.39, 0.29) is 43.3 Å². The number of nitrogens with zero attached hydrogens (tertiary/aromatic N) is 1. The van der Waals surface area contributed by atoms with E-state index in [1.807, 2.05) is 12.1 Å². The zero-order valence-corrected chi connectivity index (χ0v) is 19.5. The maximum atomic E-state index is 13.0. The molecule has 0 unspecified atom stereocenters. The van der Waals surface area contributed by atoms with Gasteiger partial charge in [-0.3, -0.25) is 9.59 Å². The minimum Gasteiger partial charge on any atom is -1.00 e. The summed E-state index contributed by atoms with van der Waals surface area (Å²) in [6.07, 6.45) is 4.54. The fourth-order valence-corrected chi connectivity index (χ4v) is 3.05. The Balaban J connectivity index is 0.00000392. The molecule has 1 N–H and O–H groups in total. The van der Waals surface area contributed by atoms with Crippen LogP contribution in [-0.4, -0.2) is 23.5 Å². The molecule has 0 radical (unpaired) electrons. The van der Waals surface area contributed by atoms with Crippen LogP contribution >= 0.6 is 23.2 Å². The van der Waals surface area contributed by atoms with Crippen LogP contribution in [0, 0.1) is 0 Å². The van der Waals surface area contributed by atoms with Gasteiger partial charge in [0, 0.05) is 34.3 Å². The van der Waals surface area contributed by atoms with Crippen LogP contribution in [0.5, 0.6) is 0 Å². The number of hydrogen-bond donors (Lipinski definition) is 1. The maximum absolute atomic E-state index is 13.0. The normalized spacial score (nSPS) is 10.2. The summed E-state index contributed by atoms with van der Waals surface area (Å²) in [5.74, 6) is -0.836. The standard InChI is InChI=1S/C21H23Cl2NO3.Na.H/c22-17-9-7-16(8-10-17)21(27)24(19-13-11-18(23)12-14-19)15-5-3-1-2-4-6-20(25)26;;/h7-14H,1-6,15H2,(H,25,26);;/q;+1;-1. The van der Waals surface area contributed by atoms with Gasteiger partial charge in [0.05, 0.1) is 0 Å². The second-order valence-corrected chi connectivity index (χ2v) is 7.22. The molecule has 0 saturated carbocycles. The van der Waals surface area contributed by atoms with Crippen molar-refractivity contribution in [1.29, 1.82) is 0 Å². The Morgan fingerprint density at radius 1 is 0.821 bits per heavy atom. The summed E-state index contributed by atoms with van der Waals surface area (Å²) in [6, 6.07) is 14.1. The number of carboxylic acid groups (broad SMARTS) is 1. The quantitative estimate of drug-likeness (QED) is 0.464. The second kappa shape index (κ2) is 13.2. The third-order valence-electron chi connectivity index (χ3n) is 4.25. The molecule has 0 aliphatic rings. The van der Waals surface area contributed by atoms with Gasteiger partial charge in [-0.2, -0.15) is 0 Å². The first kappa shape index (κ1) is 25.0. The van der Waals surface area contributed by atoms with Crippen LogP contribution in [0.1, 0.15) is 50.3 Å². The Hall–Kier alpha value is -1.04. The van der Waals surface area contributed by atoms with E-state index in [9.17, 15) is 9.59 Å². The number of hydrogen-bond acceptors (Lipinski definition) is 2. The Bertz CT molecular complexity index is 758. The Kier molecular flexibility index (Phi) is 11.8. The number of carbonyl (C=O) groups is 2. The molecule has 2 aromatic rings. The van der Waals surface area contributed by atoms with Gasteiger partial charge in [-0.15, -0.1) is 0 Å². The number of halogens is 2. The number of rotatable bonds is 10. The minimum absolute atomic E-state index is 0. The first-order chi connectivity index (χ1) is 13.0. The summed E-state index contributed by atoms with van der Waals surface area (Å²) in [4.78, 5) is 25.2. The molecule has 0 aliphatic heterocycles. The van der Waals surface area contributed by atoms with Gasteiger partial charge in [-0.05, 0) is 61.4 Å². The van der Waals surface area contributed by atoms with Crippen molar-refractivity contribution >= 4 is 40.8 Å². The van der Waals surface area contributed by atoms with Crippen molar-refractivity contribution in [3.05, 3.63) is 64.1 Å². The van der Waals surface area contributed by atoms with Crippen molar-refractivity contribution in [3.8, 4) is 0 Å². The fraction of sp³-hybridized carbons (Fsp3) is 0.333. The van der Waals surface area contributed by atoms with E-state index in [4.69, 9.17) is 28.3 Å². The largest absolute Gasteiger partial charge is 1.00 e. The molecule has 0 bridgehead atoms. The first-order valence-corrected chi connectivity index (χ1v) is 9.78. The number of amides is 1. The summed E-state index contributed by atoms with van der Waals surface area (Å²) in [7, 11) is 0. The van der Waals surface area contributed by atoms with Crippen molar-refractivity contribution in [1.82, 2.24) is 0 Å². The Labute approximate surface area is 199 Å². The molecule has 2 aromatic carbocycles. The summed E-state index contributed by atoms with van der Waals surface area (Å²) in [6.45, 7) is 0.585. The molecule has 0 aliphatic carbocycles. The number of anilines is 1. The third-order valence-corrected chi connectivity index (χ3v) is 4.75. The van der Waals surface area contributed by atoms with Crippen LogP contribution in [0.4, 0.5) is 5.69 Å². The van der Waals surface area contributed by atoms with E-state index in [1.165, 1.54) is 0 Å². The van der Waals surface area contributed by atoms with E-state index in [2.05, 4.69) is 0 Å². The van der Waals surface area contributed by atoms with Gasteiger partial charge < -0.3 is 11.4 Å². The van der Waals surface area contributed by atoms with Gasteiger partial charge in [0.1, 0.15) is 0 Å². The van der Waals surface area contributed by atoms with Crippen LogP contribution in [0.2, 0.25) is 10.0 Å². The van der Waals surface area contributed by atoms with Gasteiger partial charge in [0.2, 0.25) is 0 Å². The summed E-state index contributed by atoms with van der Waals surface area (Å²) in [5.41, 5.74) is 1.38. The molecule has 2 rings (SSSR count). The first-order valence-electron chi connectivity index (χ1n) is 9.02. The van der Waals surface area contributed by atoms with E-state index in [1.54, 1.807) is 41.3 Å². The van der Waals surface area contributed by atoms with Gasteiger partial charge >= 0.3 is 35.5 Å². The summed E-state index contributed by atoms with van der Waals surface area (Å²) >= 11 is 11.9. The molecule has 7 heteroatoms. The van der Waals surface area contributed by atoms with Crippen LogP contribution in [0.3, 0.4) is 0 Å². The number of carboxylic acids is 1. The van der Waals surface area contributed by atoms with Crippen molar-refractivity contribution in [3.63, 3.8) is 0 Å². The third kappa shape index (κ3) is 8.54. The monoisotopic (exact) mass is 431 g/mol. The molecular weight excluding hydrogens is 408 g/mol. The molecule has 0 fully saturated rings. The fourth-order valence-electron chi connectivity index (χ4n) is 2.79. The maximum Gasteiger partial charge on any atom is 1.00 e. The molecule has 0 aromatic heterocycles. The zero-order valence-electron chi connectivity index (χ0n) is 17.0. The minimum atomic E-state index is -0.752.